The zero-order valence-electron chi connectivity index (χ0n) is 9.74. The van der Waals surface area contributed by atoms with Crippen LogP contribution in [0.5, 0.6) is 0 Å². The van der Waals surface area contributed by atoms with Crippen LogP contribution in [0.2, 0.25) is 0 Å². The number of amides is 1. The predicted molar refractivity (Wildman–Crippen MR) is 59.5 cm³/mol. The minimum Gasteiger partial charge on any atom is -0.377 e. The van der Waals surface area contributed by atoms with Gasteiger partial charge in [-0.05, 0) is 13.3 Å². The molecular formula is C11H22N2O2. The molecule has 0 bridgehead atoms. The average molecular weight is 214 g/mol. The molecule has 0 saturated carbocycles. The molecule has 4 nitrogen and oxygen atoms in total. The van der Waals surface area contributed by atoms with E-state index in [0.717, 1.165) is 19.3 Å². The fraction of sp³-hybridized carbons (Fsp3) is 0.909. The van der Waals surface area contributed by atoms with Gasteiger partial charge in [-0.25, -0.2) is 0 Å². The molecule has 15 heavy (non-hydrogen) atoms. The minimum absolute atomic E-state index is 0.0826. The van der Waals surface area contributed by atoms with Gasteiger partial charge >= 0.3 is 0 Å². The molecule has 0 aromatic rings. The average Bonchev–Trinajstić information content (AvgIpc) is 2.25. The molecule has 0 aliphatic carbocycles. The molecular weight excluding hydrogens is 192 g/mol. The first kappa shape index (κ1) is 12.5. The van der Waals surface area contributed by atoms with E-state index in [1.807, 2.05) is 11.8 Å². The number of hydrogen-bond acceptors (Lipinski definition) is 3. The van der Waals surface area contributed by atoms with Crippen LogP contribution >= 0.6 is 0 Å². The molecule has 4 heteroatoms. The third-order valence-corrected chi connectivity index (χ3v) is 2.84. The predicted octanol–water partition coefficient (Wildman–Crippen LogP) is 0.751. The van der Waals surface area contributed by atoms with Crippen molar-refractivity contribution in [1.29, 1.82) is 0 Å². The van der Waals surface area contributed by atoms with Crippen molar-refractivity contribution >= 4 is 5.91 Å². The molecule has 1 amide bonds. The normalized spacial score (nSPS) is 23.9. The monoisotopic (exact) mass is 214 g/mol. The van der Waals surface area contributed by atoms with Gasteiger partial charge in [0.1, 0.15) is 0 Å². The third-order valence-electron chi connectivity index (χ3n) is 2.84. The number of unbranched alkanes of at least 4 members (excludes halogenated alkanes) is 1. The van der Waals surface area contributed by atoms with Gasteiger partial charge in [-0.1, -0.05) is 19.8 Å². The lowest BCUT2D eigenvalue weighted by Crippen LogP contribution is -2.52. The Bertz CT molecular complexity index is 209. The summed E-state index contributed by atoms with van der Waals surface area (Å²) in [6.07, 6.45) is 2.89. The van der Waals surface area contributed by atoms with Crippen LogP contribution in [0.3, 0.4) is 0 Å². The molecule has 0 spiro atoms. The molecule has 88 valence electrons. The summed E-state index contributed by atoms with van der Waals surface area (Å²) in [5.74, 6) is 0.0826. The van der Waals surface area contributed by atoms with Gasteiger partial charge in [0, 0.05) is 6.54 Å². The van der Waals surface area contributed by atoms with E-state index in [2.05, 4.69) is 6.92 Å². The number of ether oxygens (including phenoxy) is 1. The van der Waals surface area contributed by atoms with E-state index in [4.69, 9.17) is 10.5 Å². The zero-order chi connectivity index (χ0) is 11.3. The Balaban J connectivity index is 2.43. The van der Waals surface area contributed by atoms with Crippen molar-refractivity contribution < 1.29 is 9.53 Å². The van der Waals surface area contributed by atoms with Gasteiger partial charge in [0.2, 0.25) is 5.91 Å². The Morgan fingerprint density at radius 3 is 3.00 bits per heavy atom. The summed E-state index contributed by atoms with van der Waals surface area (Å²) in [5.41, 5.74) is 5.86. The quantitative estimate of drug-likeness (QED) is 0.751. The molecule has 0 aromatic heterocycles. The molecule has 0 radical (unpaired) electrons. The van der Waals surface area contributed by atoms with E-state index < -0.39 is 0 Å². The number of nitrogens with zero attached hydrogens (tertiary/aromatic N) is 1. The maximum absolute atomic E-state index is 12.0. The number of carbonyl (C=O) groups excluding carboxylic acids is 1. The Labute approximate surface area is 91.8 Å². The van der Waals surface area contributed by atoms with Crippen molar-refractivity contribution in [3.63, 3.8) is 0 Å². The summed E-state index contributed by atoms with van der Waals surface area (Å²) in [6.45, 7) is 6.06. The Morgan fingerprint density at radius 2 is 2.40 bits per heavy atom. The van der Waals surface area contributed by atoms with Gasteiger partial charge in [-0.15, -0.1) is 0 Å². The van der Waals surface area contributed by atoms with Crippen molar-refractivity contribution in [2.45, 2.75) is 45.2 Å². The summed E-state index contributed by atoms with van der Waals surface area (Å²) >= 11 is 0. The van der Waals surface area contributed by atoms with Crippen LogP contribution in [0, 0.1) is 0 Å². The first-order valence-electron chi connectivity index (χ1n) is 5.80. The lowest BCUT2D eigenvalue weighted by atomic mass is 10.1. The molecule has 0 aromatic carbocycles. The standard InChI is InChI=1S/C11H22N2O2/c1-3-4-5-10(12)11(14)13-6-7-15-8-9(13)2/h9-10H,3-8,12H2,1-2H3/t9-,10?/m1/s1. The van der Waals surface area contributed by atoms with Crippen LogP contribution in [0.25, 0.3) is 0 Å². The third kappa shape index (κ3) is 3.47. The SMILES string of the molecule is CCCCC(N)C(=O)N1CCOC[C@H]1C. The highest BCUT2D eigenvalue weighted by molar-refractivity contribution is 5.82. The van der Waals surface area contributed by atoms with Crippen molar-refractivity contribution in [3.05, 3.63) is 0 Å². The molecule has 1 heterocycles. The highest BCUT2D eigenvalue weighted by Gasteiger charge is 2.27. The molecule has 1 unspecified atom stereocenters. The largest absolute Gasteiger partial charge is 0.377 e. The fourth-order valence-electron chi connectivity index (χ4n) is 1.82. The second-order valence-electron chi connectivity index (χ2n) is 4.20. The fourth-order valence-corrected chi connectivity index (χ4v) is 1.82. The van der Waals surface area contributed by atoms with Crippen molar-refractivity contribution in [3.8, 4) is 0 Å². The van der Waals surface area contributed by atoms with E-state index >= 15 is 0 Å². The van der Waals surface area contributed by atoms with Gasteiger partial charge in [-0.3, -0.25) is 4.79 Å². The minimum atomic E-state index is -0.328. The molecule has 1 saturated heterocycles. The Kier molecular flexibility index (Phi) is 5.05. The smallest absolute Gasteiger partial charge is 0.239 e. The van der Waals surface area contributed by atoms with E-state index in [1.54, 1.807) is 0 Å². The number of nitrogens with two attached hydrogens (primary N) is 1. The van der Waals surface area contributed by atoms with Crippen LogP contribution in [-0.4, -0.2) is 42.6 Å². The maximum Gasteiger partial charge on any atom is 0.239 e. The summed E-state index contributed by atoms with van der Waals surface area (Å²) in [4.78, 5) is 13.8. The van der Waals surface area contributed by atoms with Gasteiger partial charge < -0.3 is 15.4 Å². The van der Waals surface area contributed by atoms with Crippen molar-refractivity contribution in [2.75, 3.05) is 19.8 Å². The van der Waals surface area contributed by atoms with Gasteiger partial charge in [0.05, 0.1) is 25.3 Å². The van der Waals surface area contributed by atoms with Crippen molar-refractivity contribution in [1.82, 2.24) is 4.90 Å². The van der Waals surface area contributed by atoms with Crippen molar-refractivity contribution in [2.24, 2.45) is 5.73 Å². The number of carbonyl (C=O) groups is 1. The van der Waals surface area contributed by atoms with E-state index in [0.29, 0.717) is 19.8 Å². The van der Waals surface area contributed by atoms with E-state index in [-0.39, 0.29) is 18.0 Å². The molecule has 1 aliphatic heterocycles. The summed E-state index contributed by atoms with van der Waals surface area (Å²) in [7, 11) is 0. The van der Waals surface area contributed by atoms with E-state index in [1.165, 1.54) is 0 Å². The number of hydrogen-bond donors (Lipinski definition) is 1. The summed E-state index contributed by atoms with van der Waals surface area (Å²) in [5, 5.41) is 0. The number of morpholine rings is 1. The molecule has 1 fully saturated rings. The van der Waals surface area contributed by atoms with Gasteiger partial charge in [0.15, 0.2) is 0 Å². The number of rotatable bonds is 4. The first-order chi connectivity index (χ1) is 7.16. The molecule has 2 N–H and O–H groups in total. The van der Waals surface area contributed by atoms with Crippen LogP contribution in [0.1, 0.15) is 33.1 Å². The van der Waals surface area contributed by atoms with Gasteiger partial charge in [-0.2, -0.15) is 0 Å². The highest BCUT2D eigenvalue weighted by atomic mass is 16.5. The Hall–Kier alpha value is -0.610. The second-order valence-corrected chi connectivity index (χ2v) is 4.20. The maximum atomic E-state index is 12.0. The van der Waals surface area contributed by atoms with Crippen LogP contribution in [0.4, 0.5) is 0 Å². The first-order valence-corrected chi connectivity index (χ1v) is 5.80. The van der Waals surface area contributed by atoms with Crippen LogP contribution in [-0.2, 0) is 9.53 Å². The molecule has 1 aliphatic rings. The molecule has 2 atom stereocenters. The summed E-state index contributed by atoms with van der Waals surface area (Å²) in [6, 6.07) is -0.163. The van der Waals surface area contributed by atoms with Crippen LogP contribution < -0.4 is 5.73 Å². The summed E-state index contributed by atoms with van der Waals surface area (Å²) < 4.78 is 5.29. The Morgan fingerprint density at radius 1 is 1.67 bits per heavy atom. The lowest BCUT2D eigenvalue weighted by Gasteiger charge is -2.35. The van der Waals surface area contributed by atoms with Crippen LogP contribution in [0.15, 0.2) is 0 Å². The molecule has 1 rings (SSSR count). The second kappa shape index (κ2) is 6.08. The topological polar surface area (TPSA) is 55.6 Å². The zero-order valence-corrected chi connectivity index (χ0v) is 9.74. The van der Waals surface area contributed by atoms with E-state index in [9.17, 15) is 4.79 Å². The highest BCUT2D eigenvalue weighted by Crippen LogP contribution is 2.10. The van der Waals surface area contributed by atoms with Gasteiger partial charge in [0.25, 0.3) is 0 Å². The lowest BCUT2D eigenvalue weighted by molar-refractivity contribution is -0.140.